The second-order valence-corrected chi connectivity index (χ2v) is 5.60. The predicted octanol–water partition coefficient (Wildman–Crippen LogP) is 2.02. The lowest BCUT2D eigenvalue weighted by Gasteiger charge is -2.32. The molecule has 6 nitrogen and oxygen atoms in total. The Morgan fingerprint density at radius 3 is 2.57 bits per heavy atom. The molecule has 0 aromatic heterocycles. The number of amides is 2. The molecule has 1 aromatic rings. The van der Waals surface area contributed by atoms with Gasteiger partial charge in [0.25, 0.3) is 5.91 Å². The van der Waals surface area contributed by atoms with Crippen molar-refractivity contribution >= 4 is 23.6 Å². The molecule has 1 saturated heterocycles. The molecule has 0 saturated carbocycles. The Balaban J connectivity index is 1.67. The van der Waals surface area contributed by atoms with Crippen molar-refractivity contribution in [1.82, 2.24) is 10.2 Å². The van der Waals surface area contributed by atoms with E-state index in [1.54, 1.807) is 4.90 Å². The van der Waals surface area contributed by atoms with Crippen LogP contribution in [0.1, 0.15) is 12.8 Å². The number of rotatable bonds is 6. The van der Waals surface area contributed by atoms with Gasteiger partial charge in [-0.1, -0.05) is 18.2 Å². The molecule has 7 heteroatoms. The van der Waals surface area contributed by atoms with E-state index >= 15 is 0 Å². The number of nitrogens with zero attached hydrogens (tertiary/aromatic N) is 1. The Bertz CT molecular complexity index is 504. The lowest BCUT2D eigenvalue weighted by atomic mass is 10.1. The molecule has 0 unspecified atom stereocenters. The number of hydrogen-bond donors (Lipinski definition) is 1. The molecule has 2 rings (SSSR count). The maximum atomic E-state index is 12.1. The number of ether oxygens (including phenoxy) is 2. The number of piperidine rings is 1. The summed E-state index contributed by atoms with van der Waals surface area (Å²) in [5, 5.41) is 2.78. The average molecular weight is 341 g/mol. The molecule has 1 aliphatic heterocycles. The first-order chi connectivity index (χ1) is 11.2. The minimum atomic E-state index is -0.456. The molecule has 0 spiro atoms. The first kappa shape index (κ1) is 17.4. The van der Waals surface area contributed by atoms with E-state index in [-0.39, 0.29) is 31.0 Å². The zero-order chi connectivity index (χ0) is 16.5. The lowest BCUT2D eigenvalue weighted by Crippen LogP contribution is -2.47. The van der Waals surface area contributed by atoms with Crippen molar-refractivity contribution < 1.29 is 19.1 Å². The molecule has 0 aliphatic carbocycles. The number of nitrogens with one attached hydrogen (secondary N) is 1. The summed E-state index contributed by atoms with van der Waals surface area (Å²) in [7, 11) is 0. The van der Waals surface area contributed by atoms with Crippen LogP contribution in [-0.4, -0.2) is 55.1 Å². The van der Waals surface area contributed by atoms with Crippen LogP contribution in [0.4, 0.5) is 4.79 Å². The van der Waals surface area contributed by atoms with Crippen LogP contribution < -0.4 is 10.1 Å². The number of para-hydroxylation sites is 1. The summed E-state index contributed by atoms with van der Waals surface area (Å²) >= 11 is 5.46. The molecule has 1 fully saturated rings. The van der Waals surface area contributed by atoms with Crippen LogP contribution >= 0.6 is 11.6 Å². The van der Waals surface area contributed by atoms with Gasteiger partial charge in [0.15, 0.2) is 6.61 Å². The van der Waals surface area contributed by atoms with Gasteiger partial charge < -0.3 is 19.7 Å². The van der Waals surface area contributed by atoms with Crippen molar-refractivity contribution in [3.05, 3.63) is 30.3 Å². The smallest absolute Gasteiger partial charge is 0.407 e. The van der Waals surface area contributed by atoms with Gasteiger partial charge in [0.1, 0.15) is 12.4 Å². The van der Waals surface area contributed by atoms with Crippen molar-refractivity contribution in [2.45, 2.75) is 18.9 Å². The fraction of sp³-hybridized carbons (Fsp3) is 0.500. The summed E-state index contributed by atoms with van der Waals surface area (Å²) in [5.41, 5.74) is 0. The number of halogens is 1. The van der Waals surface area contributed by atoms with E-state index < -0.39 is 6.09 Å². The molecule has 0 radical (unpaired) electrons. The van der Waals surface area contributed by atoms with Gasteiger partial charge in [-0.2, -0.15) is 0 Å². The van der Waals surface area contributed by atoms with Gasteiger partial charge in [-0.25, -0.2) is 4.79 Å². The van der Waals surface area contributed by atoms with E-state index in [2.05, 4.69) is 5.32 Å². The van der Waals surface area contributed by atoms with E-state index in [4.69, 9.17) is 21.1 Å². The molecule has 0 bridgehead atoms. The molecule has 23 heavy (non-hydrogen) atoms. The zero-order valence-corrected chi connectivity index (χ0v) is 13.6. The quantitative estimate of drug-likeness (QED) is 0.804. The molecule has 1 heterocycles. The molecule has 1 aromatic carbocycles. The van der Waals surface area contributed by atoms with Gasteiger partial charge >= 0.3 is 6.09 Å². The van der Waals surface area contributed by atoms with Gasteiger partial charge in [-0.3, -0.25) is 4.79 Å². The zero-order valence-electron chi connectivity index (χ0n) is 12.9. The Hall–Kier alpha value is -1.95. The van der Waals surface area contributed by atoms with Crippen LogP contribution in [0.2, 0.25) is 0 Å². The molecule has 126 valence electrons. The standard InChI is InChI=1S/C16H21ClN2O4/c17-8-11-22-16(21)18-13-6-9-19(10-7-13)15(20)12-23-14-4-2-1-3-5-14/h1-5,13H,6-12H2,(H,18,21). The van der Waals surface area contributed by atoms with Crippen LogP contribution in [0.5, 0.6) is 5.75 Å². The van der Waals surface area contributed by atoms with E-state index in [9.17, 15) is 9.59 Å². The second kappa shape index (κ2) is 9.25. The number of hydrogen-bond acceptors (Lipinski definition) is 4. The van der Waals surface area contributed by atoms with Gasteiger partial charge in [0, 0.05) is 19.1 Å². The monoisotopic (exact) mass is 340 g/mol. The van der Waals surface area contributed by atoms with Crippen molar-refractivity contribution in [2.75, 3.05) is 32.2 Å². The summed E-state index contributed by atoms with van der Waals surface area (Å²) in [5.74, 6) is 0.915. The summed E-state index contributed by atoms with van der Waals surface area (Å²) in [6.07, 6.45) is 0.947. The van der Waals surface area contributed by atoms with Crippen molar-refractivity contribution in [3.8, 4) is 5.75 Å². The van der Waals surface area contributed by atoms with Crippen LogP contribution in [0.25, 0.3) is 0 Å². The molecular formula is C16H21ClN2O4. The highest BCUT2D eigenvalue weighted by Gasteiger charge is 2.24. The Morgan fingerprint density at radius 1 is 1.22 bits per heavy atom. The highest BCUT2D eigenvalue weighted by Crippen LogP contribution is 2.12. The van der Waals surface area contributed by atoms with Gasteiger partial charge in [-0.15, -0.1) is 11.6 Å². The number of benzene rings is 1. The minimum Gasteiger partial charge on any atom is -0.484 e. The van der Waals surface area contributed by atoms with E-state index in [0.717, 1.165) is 0 Å². The number of likely N-dealkylation sites (tertiary alicyclic amines) is 1. The third kappa shape index (κ3) is 5.98. The van der Waals surface area contributed by atoms with Gasteiger partial charge in [0.2, 0.25) is 0 Å². The topological polar surface area (TPSA) is 67.9 Å². The SMILES string of the molecule is O=C(NC1CCN(C(=O)COc2ccccc2)CC1)OCCCl. The highest BCUT2D eigenvalue weighted by atomic mass is 35.5. The Morgan fingerprint density at radius 2 is 1.91 bits per heavy atom. The highest BCUT2D eigenvalue weighted by molar-refractivity contribution is 6.18. The third-order valence-corrected chi connectivity index (χ3v) is 3.74. The Labute approximate surface area is 140 Å². The Kier molecular flexibility index (Phi) is 7.00. The molecule has 1 aliphatic rings. The number of carbonyl (C=O) groups is 2. The first-order valence-electron chi connectivity index (χ1n) is 7.64. The van der Waals surface area contributed by atoms with Gasteiger partial charge in [-0.05, 0) is 25.0 Å². The van der Waals surface area contributed by atoms with Crippen molar-refractivity contribution in [1.29, 1.82) is 0 Å². The fourth-order valence-corrected chi connectivity index (χ4v) is 2.44. The lowest BCUT2D eigenvalue weighted by molar-refractivity contribution is -0.134. The van der Waals surface area contributed by atoms with Crippen LogP contribution in [0.3, 0.4) is 0 Å². The summed E-state index contributed by atoms with van der Waals surface area (Å²) in [6, 6.07) is 9.27. The molecule has 1 N–H and O–H groups in total. The normalized spacial score (nSPS) is 15.1. The summed E-state index contributed by atoms with van der Waals surface area (Å²) < 4.78 is 10.3. The largest absolute Gasteiger partial charge is 0.484 e. The molecule has 0 atom stereocenters. The minimum absolute atomic E-state index is 0.0249. The van der Waals surface area contributed by atoms with E-state index in [1.807, 2.05) is 30.3 Å². The summed E-state index contributed by atoms with van der Waals surface area (Å²) in [6.45, 7) is 1.41. The average Bonchev–Trinajstić information content (AvgIpc) is 2.59. The molecular weight excluding hydrogens is 320 g/mol. The van der Waals surface area contributed by atoms with Crippen molar-refractivity contribution in [3.63, 3.8) is 0 Å². The second-order valence-electron chi connectivity index (χ2n) is 5.23. The third-order valence-electron chi connectivity index (χ3n) is 3.59. The van der Waals surface area contributed by atoms with E-state index in [0.29, 0.717) is 31.7 Å². The number of carbonyl (C=O) groups excluding carboxylic acids is 2. The van der Waals surface area contributed by atoms with Crippen LogP contribution in [0, 0.1) is 0 Å². The van der Waals surface area contributed by atoms with Crippen LogP contribution in [-0.2, 0) is 9.53 Å². The predicted molar refractivity (Wildman–Crippen MR) is 86.7 cm³/mol. The maximum absolute atomic E-state index is 12.1. The van der Waals surface area contributed by atoms with Gasteiger partial charge in [0.05, 0.1) is 5.88 Å². The summed E-state index contributed by atoms with van der Waals surface area (Å²) in [4.78, 5) is 25.3. The van der Waals surface area contributed by atoms with E-state index in [1.165, 1.54) is 0 Å². The van der Waals surface area contributed by atoms with Crippen LogP contribution in [0.15, 0.2) is 30.3 Å². The number of alkyl carbamates (subject to hydrolysis) is 1. The van der Waals surface area contributed by atoms with Crippen molar-refractivity contribution in [2.24, 2.45) is 0 Å². The maximum Gasteiger partial charge on any atom is 0.407 e. The first-order valence-corrected chi connectivity index (χ1v) is 8.17. The fourth-order valence-electron chi connectivity index (χ4n) is 2.37. The molecule has 2 amide bonds. The number of alkyl halides is 1.